The molecule has 2 rings (SSSR count). The monoisotopic (exact) mass is 273 g/mol. The first kappa shape index (κ1) is 14.7. The van der Waals surface area contributed by atoms with Crippen molar-refractivity contribution in [3.8, 4) is 0 Å². The molecule has 0 saturated carbocycles. The molecule has 0 bridgehead atoms. The summed E-state index contributed by atoms with van der Waals surface area (Å²) in [6.07, 6.45) is -0.0831. The molecule has 2 aromatic carbocycles. The second kappa shape index (κ2) is 7.17. The van der Waals surface area contributed by atoms with Gasteiger partial charge in [0.2, 0.25) is 0 Å². The number of likely N-dealkylation sites (N-methyl/N-ethyl adjacent to an activating group) is 1. The van der Waals surface area contributed by atoms with Crippen molar-refractivity contribution in [1.82, 2.24) is 5.32 Å². The third-order valence-electron chi connectivity index (χ3n) is 3.24. The molecule has 0 aliphatic carbocycles. The Kier molecular flexibility index (Phi) is 5.27. The Morgan fingerprint density at radius 1 is 1.10 bits per heavy atom. The van der Waals surface area contributed by atoms with Crippen LogP contribution >= 0.6 is 0 Å². The van der Waals surface area contributed by atoms with Gasteiger partial charge >= 0.3 is 0 Å². The predicted octanol–water partition coefficient (Wildman–Crippen LogP) is 3.61. The lowest BCUT2D eigenvalue weighted by molar-refractivity contribution is 0.0395. The average Bonchev–Trinajstić information content (AvgIpc) is 2.46. The molecule has 0 aromatic heterocycles. The molecule has 0 fully saturated rings. The van der Waals surface area contributed by atoms with Crippen LogP contribution in [0.25, 0.3) is 0 Å². The molecule has 0 heterocycles. The highest BCUT2D eigenvalue weighted by molar-refractivity contribution is 5.24. The highest BCUT2D eigenvalue weighted by Crippen LogP contribution is 2.20. The van der Waals surface area contributed by atoms with Gasteiger partial charge in [0.1, 0.15) is 5.82 Å². The van der Waals surface area contributed by atoms with E-state index in [0.29, 0.717) is 12.1 Å². The summed E-state index contributed by atoms with van der Waals surface area (Å²) in [7, 11) is 1.88. The van der Waals surface area contributed by atoms with Gasteiger partial charge in [-0.1, -0.05) is 48.0 Å². The third kappa shape index (κ3) is 3.89. The zero-order chi connectivity index (χ0) is 14.4. The van der Waals surface area contributed by atoms with Crippen LogP contribution in [0.4, 0.5) is 4.39 Å². The fraction of sp³-hybridized carbons (Fsp3) is 0.294. The van der Waals surface area contributed by atoms with E-state index in [4.69, 9.17) is 4.74 Å². The Morgan fingerprint density at radius 2 is 1.80 bits per heavy atom. The van der Waals surface area contributed by atoms with Crippen LogP contribution in [-0.4, -0.2) is 13.6 Å². The van der Waals surface area contributed by atoms with Gasteiger partial charge in [0.25, 0.3) is 0 Å². The lowest BCUT2D eigenvalue weighted by atomic mass is 10.1. The molecule has 1 unspecified atom stereocenters. The summed E-state index contributed by atoms with van der Waals surface area (Å²) in [6.45, 7) is 3.02. The van der Waals surface area contributed by atoms with Gasteiger partial charge < -0.3 is 10.1 Å². The van der Waals surface area contributed by atoms with E-state index in [2.05, 4.69) is 36.5 Å². The number of halogens is 1. The zero-order valence-electron chi connectivity index (χ0n) is 11.9. The van der Waals surface area contributed by atoms with Crippen LogP contribution in [0.15, 0.2) is 48.5 Å². The minimum atomic E-state index is -0.223. The van der Waals surface area contributed by atoms with Gasteiger partial charge in [-0.05, 0) is 25.6 Å². The molecule has 0 amide bonds. The molecular weight excluding hydrogens is 253 g/mol. The van der Waals surface area contributed by atoms with Crippen molar-refractivity contribution in [2.45, 2.75) is 19.6 Å². The van der Waals surface area contributed by atoms with E-state index in [9.17, 15) is 4.39 Å². The topological polar surface area (TPSA) is 21.3 Å². The molecule has 106 valence electrons. The number of nitrogens with one attached hydrogen (secondary N) is 1. The van der Waals surface area contributed by atoms with Crippen molar-refractivity contribution in [3.05, 3.63) is 71.0 Å². The van der Waals surface area contributed by atoms with Crippen LogP contribution < -0.4 is 5.32 Å². The van der Waals surface area contributed by atoms with Gasteiger partial charge in [-0.3, -0.25) is 0 Å². The standard InChI is InChI=1S/C17H20FNO/c1-13-7-9-14(10-8-13)17(11-19-2)20-12-15-5-3-4-6-16(15)18/h3-10,17,19H,11-12H2,1-2H3. The van der Waals surface area contributed by atoms with Gasteiger partial charge in [0.05, 0.1) is 12.7 Å². The quantitative estimate of drug-likeness (QED) is 0.868. The second-order valence-electron chi connectivity index (χ2n) is 4.86. The Bertz CT molecular complexity index is 539. The van der Waals surface area contributed by atoms with E-state index in [0.717, 1.165) is 5.56 Å². The van der Waals surface area contributed by atoms with Gasteiger partial charge in [0, 0.05) is 12.1 Å². The molecular formula is C17H20FNO. The van der Waals surface area contributed by atoms with Crippen LogP contribution in [0.3, 0.4) is 0 Å². The molecule has 20 heavy (non-hydrogen) atoms. The maximum Gasteiger partial charge on any atom is 0.128 e. The molecule has 0 saturated heterocycles. The summed E-state index contributed by atoms with van der Waals surface area (Å²) < 4.78 is 19.5. The van der Waals surface area contributed by atoms with Gasteiger partial charge in [-0.25, -0.2) is 4.39 Å². The van der Waals surface area contributed by atoms with E-state index >= 15 is 0 Å². The summed E-state index contributed by atoms with van der Waals surface area (Å²) in [5.41, 5.74) is 2.90. The molecule has 0 radical (unpaired) electrons. The predicted molar refractivity (Wildman–Crippen MR) is 79.0 cm³/mol. The smallest absolute Gasteiger partial charge is 0.128 e. The summed E-state index contributed by atoms with van der Waals surface area (Å²) in [5, 5.41) is 3.11. The Labute approximate surface area is 119 Å². The third-order valence-corrected chi connectivity index (χ3v) is 3.24. The first-order valence-corrected chi connectivity index (χ1v) is 6.77. The fourth-order valence-electron chi connectivity index (χ4n) is 2.05. The minimum absolute atomic E-state index is 0.0831. The first-order chi connectivity index (χ1) is 9.70. The Balaban J connectivity index is 2.06. The van der Waals surface area contributed by atoms with Gasteiger partial charge in [0.15, 0.2) is 0 Å². The number of rotatable bonds is 6. The van der Waals surface area contributed by atoms with Crippen LogP contribution in [0, 0.1) is 12.7 Å². The lowest BCUT2D eigenvalue weighted by Crippen LogP contribution is -2.20. The van der Waals surface area contributed by atoms with Crippen molar-refractivity contribution >= 4 is 0 Å². The molecule has 0 aliphatic rings. The van der Waals surface area contributed by atoms with E-state index in [1.807, 2.05) is 13.1 Å². The summed E-state index contributed by atoms with van der Waals surface area (Å²) >= 11 is 0. The number of ether oxygens (including phenoxy) is 1. The van der Waals surface area contributed by atoms with Crippen molar-refractivity contribution in [1.29, 1.82) is 0 Å². The fourth-order valence-corrected chi connectivity index (χ4v) is 2.05. The highest BCUT2D eigenvalue weighted by atomic mass is 19.1. The number of benzene rings is 2. The lowest BCUT2D eigenvalue weighted by Gasteiger charge is -2.18. The average molecular weight is 273 g/mol. The first-order valence-electron chi connectivity index (χ1n) is 6.77. The van der Waals surface area contributed by atoms with Gasteiger partial charge in [-0.2, -0.15) is 0 Å². The molecule has 1 N–H and O–H groups in total. The van der Waals surface area contributed by atoms with Crippen LogP contribution in [-0.2, 0) is 11.3 Å². The maximum absolute atomic E-state index is 13.6. The summed E-state index contributed by atoms with van der Waals surface area (Å²) in [5.74, 6) is -0.223. The zero-order valence-corrected chi connectivity index (χ0v) is 11.9. The molecule has 0 aliphatic heterocycles. The second-order valence-corrected chi connectivity index (χ2v) is 4.86. The SMILES string of the molecule is CNCC(OCc1ccccc1F)c1ccc(C)cc1. The van der Waals surface area contributed by atoms with E-state index in [1.54, 1.807) is 12.1 Å². The van der Waals surface area contributed by atoms with E-state index in [-0.39, 0.29) is 18.5 Å². The van der Waals surface area contributed by atoms with Crippen LogP contribution in [0.1, 0.15) is 22.8 Å². The van der Waals surface area contributed by atoms with E-state index < -0.39 is 0 Å². The summed E-state index contributed by atoms with van der Waals surface area (Å²) in [4.78, 5) is 0. The number of hydrogen-bond donors (Lipinski definition) is 1. The molecule has 2 aromatic rings. The number of hydrogen-bond acceptors (Lipinski definition) is 2. The number of aryl methyl sites for hydroxylation is 1. The Morgan fingerprint density at radius 3 is 2.45 bits per heavy atom. The van der Waals surface area contributed by atoms with Gasteiger partial charge in [-0.15, -0.1) is 0 Å². The molecule has 3 heteroatoms. The Hall–Kier alpha value is -1.71. The maximum atomic E-state index is 13.6. The molecule has 2 nitrogen and oxygen atoms in total. The largest absolute Gasteiger partial charge is 0.367 e. The van der Waals surface area contributed by atoms with Crippen molar-refractivity contribution in [2.24, 2.45) is 0 Å². The van der Waals surface area contributed by atoms with Crippen LogP contribution in [0.2, 0.25) is 0 Å². The minimum Gasteiger partial charge on any atom is -0.367 e. The summed E-state index contributed by atoms with van der Waals surface area (Å²) in [6, 6.07) is 14.9. The van der Waals surface area contributed by atoms with Crippen molar-refractivity contribution in [3.63, 3.8) is 0 Å². The van der Waals surface area contributed by atoms with Crippen molar-refractivity contribution < 1.29 is 9.13 Å². The highest BCUT2D eigenvalue weighted by Gasteiger charge is 2.12. The normalized spacial score (nSPS) is 12.3. The van der Waals surface area contributed by atoms with Crippen LogP contribution in [0.5, 0.6) is 0 Å². The molecule has 0 spiro atoms. The molecule has 1 atom stereocenters. The van der Waals surface area contributed by atoms with Crippen molar-refractivity contribution in [2.75, 3.05) is 13.6 Å². The van der Waals surface area contributed by atoms with E-state index in [1.165, 1.54) is 11.6 Å².